The normalized spacial score (nSPS) is 14.9. The van der Waals surface area contributed by atoms with E-state index in [4.69, 9.17) is 14.2 Å². The average molecular weight is 483 g/mol. The molecule has 1 N–H and O–H groups in total. The molecule has 0 aliphatic carbocycles. The molecule has 0 fully saturated rings. The maximum Gasteiger partial charge on any atom is 0.264 e. The Kier molecular flexibility index (Phi) is 6.65. The lowest BCUT2D eigenvalue weighted by molar-refractivity contribution is 0.0789. The van der Waals surface area contributed by atoms with Crippen molar-refractivity contribution in [1.82, 2.24) is 5.32 Å². The molecule has 1 amide bonds. The van der Waals surface area contributed by atoms with Gasteiger partial charge in [-0.25, -0.2) is 8.42 Å². The van der Waals surface area contributed by atoms with E-state index in [1.807, 2.05) is 18.2 Å². The monoisotopic (exact) mass is 482 g/mol. The number of rotatable bonds is 7. The van der Waals surface area contributed by atoms with Gasteiger partial charge in [0.15, 0.2) is 11.5 Å². The highest BCUT2D eigenvalue weighted by atomic mass is 32.2. The number of hydrogen-bond acceptors (Lipinski definition) is 6. The number of nitrogens with one attached hydrogen (secondary N) is 1. The number of carbonyl (C=O) groups excluding carboxylic acids is 1. The van der Waals surface area contributed by atoms with E-state index < -0.39 is 15.9 Å². The van der Waals surface area contributed by atoms with Crippen LogP contribution in [0.5, 0.6) is 17.2 Å². The van der Waals surface area contributed by atoms with Crippen LogP contribution < -0.4 is 23.8 Å². The van der Waals surface area contributed by atoms with Gasteiger partial charge in [-0.05, 0) is 48.9 Å². The van der Waals surface area contributed by atoms with Gasteiger partial charge in [0, 0.05) is 12.6 Å². The third-order valence-corrected chi connectivity index (χ3v) is 7.36. The minimum Gasteiger partial charge on any atom is -0.495 e. The zero-order valence-corrected chi connectivity index (χ0v) is 20.0. The van der Waals surface area contributed by atoms with E-state index in [2.05, 4.69) is 5.32 Å². The minimum atomic E-state index is -3.94. The molecule has 3 aromatic carbocycles. The number of ether oxygens (including phenoxy) is 3. The third-order valence-electron chi connectivity index (χ3n) is 5.59. The summed E-state index contributed by atoms with van der Waals surface area (Å²) in [5.74, 6) is 1.32. The first-order valence-electron chi connectivity index (χ1n) is 10.7. The zero-order chi connectivity index (χ0) is 24.3. The molecule has 0 saturated heterocycles. The van der Waals surface area contributed by atoms with Crippen LogP contribution in [-0.2, 0) is 10.0 Å². The number of anilines is 1. The third kappa shape index (κ3) is 4.65. The molecule has 178 valence electrons. The van der Waals surface area contributed by atoms with Crippen molar-refractivity contribution in [2.45, 2.75) is 17.9 Å². The predicted molar refractivity (Wildman–Crippen MR) is 128 cm³/mol. The van der Waals surface area contributed by atoms with Crippen LogP contribution in [0.1, 0.15) is 15.9 Å². The Bertz CT molecular complexity index is 1310. The lowest BCUT2D eigenvalue weighted by Crippen LogP contribution is -2.41. The highest BCUT2D eigenvalue weighted by Gasteiger charge is 2.26. The summed E-state index contributed by atoms with van der Waals surface area (Å²) in [6.07, 6.45) is -0.359. The largest absolute Gasteiger partial charge is 0.495 e. The van der Waals surface area contributed by atoms with Crippen LogP contribution >= 0.6 is 0 Å². The van der Waals surface area contributed by atoms with Crippen LogP contribution in [0.25, 0.3) is 0 Å². The summed E-state index contributed by atoms with van der Waals surface area (Å²) in [4.78, 5) is 12.9. The molecule has 8 nitrogen and oxygen atoms in total. The van der Waals surface area contributed by atoms with Gasteiger partial charge in [0.1, 0.15) is 18.5 Å². The van der Waals surface area contributed by atoms with Crippen molar-refractivity contribution < 1.29 is 27.4 Å². The molecule has 0 bridgehead atoms. The van der Waals surface area contributed by atoms with Gasteiger partial charge in [0.25, 0.3) is 15.9 Å². The number of nitrogens with zero attached hydrogens (tertiary/aromatic N) is 1. The molecule has 1 aliphatic rings. The van der Waals surface area contributed by atoms with E-state index in [0.29, 0.717) is 35.1 Å². The number of aryl methyl sites for hydroxylation is 1. The molecule has 0 spiro atoms. The Labute approximate surface area is 199 Å². The van der Waals surface area contributed by atoms with E-state index in [0.717, 1.165) is 4.31 Å². The van der Waals surface area contributed by atoms with Crippen molar-refractivity contribution >= 4 is 21.6 Å². The Morgan fingerprint density at radius 3 is 2.56 bits per heavy atom. The van der Waals surface area contributed by atoms with Crippen molar-refractivity contribution in [3.8, 4) is 17.2 Å². The molecule has 1 aliphatic heterocycles. The zero-order valence-electron chi connectivity index (χ0n) is 19.1. The summed E-state index contributed by atoms with van der Waals surface area (Å²) in [6.45, 7) is 2.27. The fourth-order valence-corrected chi connectivity index (χ4v) is 4.88. The van der Waals surface area contributed by atoms with Crippen molar-refractivity contribution in [2.75, 3.05) is 31.6 Å². The SMILES string of the molecule is COc1ccccc1N(C)S(=O)(=O)c1ccc(C)c(C(=O)NCC2COc3ccccc3O2)c1. The summed E-state index contributed by atoms with van der Waals surface area (Å²) < 4.78 is 44.6. The smallest absolute Gasteiger partial charge is 0.264 e. The summed E-state index contributed by atoms with van der Waals surface area (Å²) >= 11 is 0. The van der Waals surface area contributed by atoms with Gasteiger partial charge in [0.2, 0.25) is 0 Å². The van der Waals surface area contributed by atoms with Crippen LogP contribution in [0.15, 0.2) is 71.6 Å². The Hall–Kier alpha value is -3.72. The lowest BCUT2D eigenvalue weighted by atomic mass is 10.1. The van der Waals surface area contributed by atoms with E-state index in [1.165, 1.54) is 26.3 Å². The van der Waals surface area contributed by atoms with Crippen LogP contribution in [0.4, 0.5) is 5.69 Å². The van der Waals surface area contributed by atoms with Crippen molar-refractivity contribution in [3.63, 3.8) is 0 Å². The molecule has 3 aromatic rings. The van der Waals surface area contributed by atoms with Crippen molar-refractivity contribution in [3.05, 3.63) is 77.9 Å². The van der Waals surface area contributed by atoms with E-state index in [1.54, 1.807) is 43.3 Å². The second-order valence-corrected chi connectivity index (χ2v) is 9.80. The van der Waals surface area contributed by atoms with Gasteiger partial charge in [-0.15, -0.1) is 0 Å². The summed E-state index contributed by atoms with van der Waals surface area (Å²) in [6, 6.07) is 18.7. The fraction of sp³-hybridized carbons (Fsp3) is 0.240. The first kappa shape index (κ1) is 23.4. The molecular weight excluding hydrogens is 456 g/mol. The summed E-state index contributed by atoms with van der Waals surface area (Å²) in [5.41, 5.74) is 1.32. The minimum absolute atomic E-state index is 0.00262. The van der Waals surface area contributed by atoms with E-state index >= 15 is 0 Å². The van der Waals surface area contributed by atoms with Gasteiger partial charge >= 0.3 is 0 Å². The van der Waals surface area contributed by atoms with Crippen molar-refractivity contribution in [2.24, 2.45) is 0 Å². The number of hydrogen-bond donors (Lipinski definition) is 1. The second kappa shape index (κ2) is 9.64. The Morgan fingerprint density at radius 2 is 1.79 bits per heavy atom. The summed E-state index contributed by atoms with van der Waals surface area (Å²) in [5, 5.41) is 2.83. The number of fused-ring (bicyclic) bond motifs is 1. The van der Waals surface area contributed by atoms with Gasteiger partial charge < -0.3 is 19.5 Å². The van der Waals surface area contributed by atoms with Crippen LogP contribution in [0.2, 0.25) is 0 Å². The van der Waals surface area contributed by atoms with Gasteiger partial charge in [-0.3, -0.25) is 9.10 Å². The van der Waals surface area contributed by atoms with E-state index in [-0.39, 0.29) is 23.1 Å². The predicted octanol–water partition coefficient (Wildman–Crippen LogP) is 3.40. The first-order chi connectivity index (χ1) is 16.3. The molecule has 9 heteroatoms. The maximum atomic E-state index is 13.3. The Morgan fingerprint density at radius 1 is 1.09 bits per heavy atom. The molecule has 0 aromatic heterocycles. The molecule has 1 heterocycles. The van der Waals surface area contributed by atoms with Crippen molar-refractivity contribution in [1.29, 1.82) is 0 Å². The first-order valence-corrected chi connectivity index (χ1v) is 12.1. The molecular formula is C25H26N2O6S. The van der Waals surface area contributed by atoms with Crippen LogP contribution in [-0.4, -0.2) is 47.7 Å². The summed E-state index contributed by atoms with van der Waals surface area (Å²) in [7, 11) is -1.01. The fourth-order valence-electron chi connectivity index (χ4n) is 3.65. The molecule has 34 heavy (non-hydrogen) atoms. The quantitative estimate of drug-likeness (QED) is 0.555. The molecule has 1 unspecified atom stereocenters. The molecule has 0 saturated carbocycles. The molecule has 1 atom stereocenters. The number of carbonyl (C=O) groups is 1. The highest BCUT2D eigenvalue weighted by Crippen LogP contribution is 2.32. The van der Waals surface area contributed by atoms with E-state index in [9.17, 15) is 13.2 Å². The van der Waals surface area contributed by atoms with Crippen LogP contribution in [0, 0.1) is 6.92 Å². The topological polar surface area (TPSA) is 94.2 Å². The number of methoxy groups -OCH3 is 1. The van der Waals surface area contributed by atoms with Gasteiger partial charge in [-0.2, -0.15) is 0 Å². The second-order valence-electron chi connectivity index (χ2n) is 7.83. The number of amides is 1. The van der Waals surface area contributed by atoms with Crippen LogP contribution in [0.3, 0.4) is 0 Å². The number of sulfonamides is 1. The lowest BCUT2D eigenvalue weighted by Gasteiger charge is -2.26. The van der Waals surface area contributed by atoms with Gasteiger partial charge in [-0.1, -0.05) is 30.3 Å². The molecule has 0 radical (unpaired) electrons. The van der Waals surface area contributed by atoms with Gasteiger partial charge in [0.05, 0.1) is 24.2 Å². The molecule has 4 rings (SSSR count). The average Bonchev–Trinajstić information content (AvgIpc) is 2.86. The highest BCUT2D eigenvalue weighted by molar-refractivity contribution is 7.92. The number of benzene rings is 3. The standard InChI is InChI=1S/C25H26N2O6S/c1-17-12-13-19(34(29,30)27(2)21-8-4-5-9-22(21)31-3)14-20(17)25(28)26-15-18-16-32-23-10-6-7-11-24(23)33-18/h4-14,18H,15-16H2,1-3H3,(H,26,28). The number of para-hydroxylation sites is 4. The Balaban J connectivity index is 1.51. The maximum absolute atomic E-state index is 13.3.